The van der Waals surface area contributed by atoms with Crippen LogP contribution in [0.3, 0.4) is 0 Å². The Morgan fingerprint density at radius 2 is 2.10 bits per heavy atom. The number of H-pyrrole nitrogens is 1. The van der Waals surface area contributed by atoms with E-state index in [0.717, 1.165) is 16.6 Å². The molecule has 1 atom stereocenters. The summed E-state index contributed by atoms with van der Waals surface area (Å²) in [6.07, 6.45) is -0.297. The van der Waals surface area contributed by atoms with E-state index >= 15 is 0 Å². The van der Waals surface area contributed by atoms with Crippen molar-refractivity contribution in [2.24, 2.45) is 0 Å². The van der Waals surface area contributed by atoms with Crippen LogP contribution in [0, 0.1) is 0 Å². The number of rotatable bonds is 4. The minimum atomic E-state index is -1.04. The van der Waals surface area contributed by atoms with E-state index in [1.165, 1.54) is 4.90 Å². The Kier molecular flexibility index (Phi) is 4.39. The molecule has 1 unspecified atom stereocenters. The highest BCUT2D eigenvalue weighted by Gasteiger charge is 2.29. The molecule has 2 aromatic carbocycles. The lowest BCUT2D eigenvalue weighted by atomic mass is 10.1. The predicted octanol–water partition coefficient (Wildman–Crippen LogP) is 2.51. The highest BCUT2D eigenvalue weighted by Crippen LogP contribution is 2.29. The Morgan fingerprint density at radius 1 is 1.26 bits per heavy atom. The number of imidazole rings is 1. The van der Waals surface area contributed by atoms with Crippen LogP contribution in [-0.2, 0) is 16.1 Å². The average Bonchev–Trinajstić information content (AvgIpc) is 3.38. The summed E-state index contributed by atoms with van der Waals surface area (Å²) in [5.41, 5.74) is 3.90. The summed E-state index contributed by atoms with van der Waals surface area (Å²) >= 11 is 0. The number of para-hydroxylation sites is 2. The van der Waals surface area contributed by atoms with Gasteiger partial charge in [-0.3, -0.25) is 9.59 Å². The molecule has 0 bridgehead atoms. The van der Waals surface area contributed by atoms with Crippen LogP contribution < -0.4 is 5.32 Å². The van der Waals surface area contributed by atoms with Gasteiger partial charge in [0, 0.05) is 24.8 Å². The molecule has 1 amide bonds. The molecular weight excluding hydrogens is 400 g/mol. The first-order valence-corrected chi connectivity index (χ1v) is 9.63. The molecule has 0 fully saturated rings. The maximum Gasteiger partial charge on any atom is 0.305 e. The standard InChI is InChI=1S/C21H18N6O4/c1-27-10-12-8-11(6-7-13(12)22-16(21(27)30)9-17(28)29)20-25-19(26-31-20)18-23-14-4-2-3-5-15(14)24-18/h2-8,16,22H,9-10H2,1H3,(H,23,24)(H,28,29). The molecule has 3 heterocycles. The lowest BCUT2D eigenvalue weighted by Gasteiger charge is -2.19. The lowest BCUT2D eigenvalue weighted by Crippen LogP contribution is -2.39. The largest absolute Gasteiger partial charge is 0.481 e. The van der Waals surface area contributed by atoms with Crippen LogP contribution in [0.2, 0.25) is 0 Å². The van der Waals surface area contributed by atoms with Crippen LogP contribution in [0.25, 0.3) is 34.1 Å². The van der Waals surface area contributed by atoms with Crippen molar-refractivity contribution in [1.82, 2.24) is 25.0 Å². The number of aromatic nitrogens is 4. The van der Waals surface area contributed by atoms with Crippen LogP contribution in [-0.4, -0.2) is 55.1 Å². The van der Waals surface area contributed by atoms with Crippen molar-refractivity contribution in [2.75, 3.05) is 12.4 Å². The van der Waals surface area contributed by atoms with Crippen LogP contribution in [0.5, 0.6) is 0 Å². The van der Waals surface area contributed by atoms with Gasteiger partial charge < -0.3 is 24.8 Å². The molecule has 10 nitrogen and oxygen atoms in total. The quantitative estimate of drug-likeness (QED) is 0.460. The molecule has 0 radical (unpaired) electrons. The monoisotopic (exact) mass is 418 g/mol. The van der Waals surface area contributed by atoms with Crippen LogP contribution in [0.1, 0.15) is 12.0 Å². The topological polar surface area (TPSA) is 137 Å². The fraction of sp³-hybridized carbons (Fsp3) is 0.190. The first kappa shape index (κ1) is 18.8. The highest BCUT2D eigenvalue weighted by molar-refractivity contribution is 5.90. The van der Waals surface area contributed by atoms with E-state index in [1.54, 1.807) is 19.2 Å². The van der Waals surface area contributed by atoms with Crippen molar-refractivity contribution < 1.29 is 19.2 Å². The zero-order valence-corrected chi connectivity index (χ0v) is 16.5. The molecule has 0 saturated carbocycles. The number of carbonyl (C=O) groups excluding carboxylic acids is 1. The summed E-state index contributed by atoms with van der Waals surface area (Å²) in [5, 5.41) is 16.2. The summed E-state index contributed by atoms with van der Waals surface area (Å²) in [4.78, 5) is 37.2. The number of hydrogen-bond acceptors (Lipinski definition) is 7. The highest BCUT2D eigenvalue weighted by atomic mass is 16.5. The average molecular weight is 418 g/mol. The third-order valence-corrected chi connectivity index (χ3v) is 5.17. The minimum Gasteiger partial charge on any atom is -0.481 e. The number of hydrogen-bond donors (Lipinski definition) is 3. The molecule has 4 aromatic rings. The second kappa shape index (κ2) is 7.24. The number of aliphatic carboxylic acids is 1. The second-order valence-corrected chi connectivity index (χ2v) is 7.39. The van der Waals surface area contributed by atoms with Crippen molar-refractivity contribution in [3.63, 3.8) is 0 Å². The Hall–Kier alpha value is -4.21. The van der Waals surface area contributed by atoms with E-state index in [0.29, 0.717) is 35.3 Å². The van der Waals surface area contributed by atoms with Gasteiger partial charge in [-0.05, 0) is 35.9 Å². The van der Waals surface area contributed by atoms with Crippen LogP contribution >= 0.6 is 0 Å². The first-order chi connectivity index (χ1) is 15.0. The molecule has 3 N–H and O–H groups in total. The van der Waals surface area contributed by atoms with E-state index < -0.39 is 12.0 Å². The first-order valence-electron chi connectivity index (χ1n) is 9.63. The van der Waals surface area contributed by atoms with Gasteiger partial charge in [-0.2, -0.15) is 4.98 Å². The molecule has 0 aliphatic carbocycles. The maximum atomic E-state index is 12.5. The maximum absolute atomic E-state index is 12.5. The number of anilines is 1. The minimum absolute atomic E-state index is 0.273. The van der Waals surface area contributed by atoms with Crippen LogP contribution in [0.4, 0.5) is 5.69 Å². The number of carbonyl (C=O) groups is 2. The molecule has 31 heavy (non-hydrogen) atoms. The number of carboxylic acids is 1. The zero-order chi connectivity index (χ0) is 21.5. The van der Waals surface area contributed by atoms with Gasteiger partial charge in [0.15, 0.2) is 5.82 Å². The molecule has 10 heteroatoms. The number of amides is 1. The third-order valence-electron chi connectivity index (χ3n) is 5.17. The lowest BCUT2D eigenvalue weighted by molar-refractivity contribution is -0.141. The zero-order valence-electron chi connectivity index (χ0n) is 16.5. The van der Waals surface area contributed by atoms with E-state index in [-0.39, 0.29) is 12.3 Å². The molecule has 0 saturated heterocycles. The van der Waals surface area contributed by atoms with E-state index in [2.05, 4.69) is 25.4 Å². The second-order valence-electron chi connectivity index (χ2n) is 7.39. The van der Waals surface area contributed by atoms with Gasteiger partial charge in [-0.1, -0.05) is 17.3 Å². The molecule has 2 aromatic heterocycles. The number of likely N-dealkylation sites (N-methyl/N-ethyl adjacent to an activating group) is 1. The molecule has 0 spiro atoms. The van der Waals surface area contributed by atoms with Crippen molar-refractivity contribution >= 4 is 28.6 Å². The summed E-state index contributed by atoms with van der Waals surface area (Å²) in [7, 11) is 1.65. The smallest absolute Gasteiger partial charge is 0.305 e. The molecule has 5 rings (SSSR count). The molecule has 156 valence electrons. The van der Waals surface area contributed by atoms with Crippen molar-refractivity contribution in [3.05, 3.63) is 48.0 Å². The number of carboxylic acid groups (broad SMARTS) is 1. The van der Waals surface area contributed by atoms with Gasteiger partial charge in [-0.15, -0.1) is 0 Å². The van der Waals surface area contributed by atoms with Gasteiger partial charge in [0.25, 0.3) is 5.89 Å². The number of nitrogens with zero attached hydrogens (tertiary/aromatic N) is 4. The van der Waals surface area contributed by atoms with E-state index in [9.17, 15) is 9.59 Å². The number of nitrogens with one attached hydrogen (secondary N) is 2. The van der Waals surface area contributed by atoms with Gasteiger partial charge in [0.2, 0.25) is 11.7 Å². The molecule has 1 aliphatic rings. The Morgan fingerprint density at radius 3 is 2.90 bits per heavy atom. The van der Waals surface area contributed by atoms with Crippen molar-refractivity contribution in [1.29, 1.82) is 0 Å². The van der Waals surface area contributed by atoms with Crippen LogP contribution in [0.15, 0.2) is 47.0 Å². The molecule has 1 aliphatic heterocycles. The fourth-order valence-electron chi connectivity index (χ4n) is 3.66. The van der Waals surface area contributed by atoms with E-state index in [4.69, 9.17) is 9.63 Å². The SMILES string of the molecule is CN1Cc2cc(-c3nc(-c4nc5ccccc5[nH]4)no3)ccc2NC(CC(=O)O)C1=O. The fourth-order valence-corrected chi connectivity index (χ4v) is 3.66. The summed E-state index contributed by atoms with van der Waals surface area (Å²) in [5.74, 6) is -0.144. The number of aromatic amines is 1. The van der Waals surface area contributed by atoms with Crippen molar-refractivity contribution in [3.8, 4) is 23.1 Å². The molecular formula is C21H18N6O4. The summed E-state index contributed by atoms with van der Waals surface area (Å²) in [6.45, 7) is 0.329. The Bertz CT molecular complexity index is 1280. The Balaban J connectivity index is 1.46. The van der Waals surface area contributed by atoms with Gasteiger partial charge in [0.1, 0.15) is 6.04 Å². The summed E-state index contributed by atoms with van der Waals surface area (Å²) < 4.78 is 5.45. The normalized spacial score (nSPS) is 16.1. The Labute approximate surface area is 175 Å². The predicted molar refractivity (Wildman–Crippen MR) is 111 cm³/mol. The number of benzene rings is 2. The number of fused-ring (bicyclic) bond motifs is 2. The summed E-state index contributed by atoms with van der Waals surface area (Å²) in [6, 6.07) is 12.2. The van der Waals surface area contributed by atoms with Gasteiger partial charge in [-0.25, -0.2) is 4.98 Å². The van der Waals surface area contributed by atoms with E-state index in [1.807, 2.05) is 30.3 Å². The van der Waals surface area contributed by atoms with Gasteiger partial charge >= 0.3 is 5.97 Å². The van der Waals surface area contributed by atoms with Crippen molar-refractivity contribution in [2.45, 2.75) is 19.0 Å². The third kappa shape index (κ3) is 3.48. The van der Waals surface area contributed by atoms with Gasteiger partial charge in [0.05, 0.1) is 17.5 Å².